The molecule has 1 aliphatic carbocycles. The van der Waals surface area contributed by atoms with Crippen molar-refractivity contribution in [2.45, 2.75) is 61.8 Å². The Labute approximate surface area is 182 Å². The van der Waals surface area contributed by atoms with Gasteiger partial charge in [-0.25, -0.2) is 9.59 Å². The summed E-state index contributed by atoms with van der Waals surface area (Å²) in [6.45, 7) is -0.864. The molecule has 4 amide bonds. The van der Waals surface area contributed by atoms with Gasteiger partial charge in [-0.1, -0.05) is 0 Å². The lowest BCUT2D eigenvalue weighted by Crippen LogP contribution is -2.84. The van der Waals surface area contributed by atoms with Crippen LogP contribution < -0.4 is 10.6 Å². The summed E-state index contributed by atoms with van der Waals surface area (Å²) < 4.78 is 11.4. The van der Waals surface area contributed by atoms with Crippen LogP contribution in [0.1, 0.15) is 12.8 Å². The Hall–Kier alpha value is -2.36. The number of fused-ring (bicyclic) bond motifs is 4. The van der Waals surface area contributed by atoms with Crippen molar-refractivity contribution in [1.29, 1.82) is 10.8 Å². The van der Waals surface area contributed by atoms with Crippen LogP contribution in [0.25, 0.3) is 0 Å². The lowest BCUT2D eigenvalue weighted by atomic mass is 9.60. The average Bonchev–Trinajstić information content (AvgIpc) is 3.27. The number of ether oxygens (including phenoxy) is 2. The summed E-state index contributed by atoms with van der Waals surface area (Å²) in [7, 11) is 0. The van der Waals surface area contributed by atoms with Crippen LogP contribution in [0.15, 0.2) is 0 Å². The van der Waals surface area contributed by atoms with Gasteiger partial charge in [0.1, 0.15) is 36.3 Å². The summed E-state index contributed by atoms with van der Waals surface area (Å²) >= 11 is 0. The first-order valence-corrected chi connectivity index (χ1v) is 10.5. The number of hydrogen-bond acceptors (Lipinski definition) is 10. The van der Waals surface area contributed by atoms with E-state index < -0.39 is 86.1 Å². The Morgan fingerprint density at radius 1 is 0.812 bits per heavy atom. The molecule has 1 saturated carbocycles. The van der Waals surface area contributed by atoms with E-state index in [4.69, 9.17) is 20.3 Å². The summed E-state index contributed by atoms with van der Waals surface area (Å²) in [5.41, 5.74) is 0. The minimum absolute atomic E-state index is 0.0431. The number of hydrogen-bond donors (Lipinski definition) is 8. The molecular weight excluding hydrogens is 428 g/mol. The van der Waals surface area contributed by atoms with Gasteiger partial charge >= 0.3 is 12.1 Å². The molecule has 0 bridgehead atoms. The number of carbonyl (C=O) groups is 2. The van der Waals surface area contributed by atoms with E-state index in [9.17, 15) is 30.0 Å². The van der Waals surface area contributed by atoms with Crippen LogP contribution >= 0.6 is 0 Å². The standard InChI is InChI=1S/C18H26N6O8/c19-15-11-12-14(13(11)23(17(29)21-15)9-1-5(27)7(3-25)31-9)24(18(30)22-16(12)20)10-2-6(28)8(4-26)32-10/h5-14,25-28H,1-4H2,(H2,19,21,29)(H2,20,22,30). The number of rotatable bonds is 4. The molecule has 14 heteroatoms. The van der Waals surface area contributed by atoms with Crippen molar-refractivity contribution in [3.63, 3.8) is 0 Å². The highest BCUT2D eigenvalue weighted by atomic mass is 16.6. The summed E-state index contributed by atoms with van der Waals surface area (Å²) in [5, 5.41) is 60.7. The SMILES string of the molecule is N=C1NC(=O)N(C2CC(O)C(CO)O2)C2C1C1C(=N)NC(=O)N(C3CC(O)C(CO)O3)C12. The maximum atomic E-state index is 12.9. The molecule has 176 valence electrons. The second-order valence-electron chi connectivity index (χ2n) is 8.76. The van der Waals surface area contributed by atoms with E-state index in [-0.39, 0.29) is 24.5 Å². The molecule has 0 spiro atoms. The third-order valence-electron chi connectivity index (χ3n) is 7.12. The molecular formula is C18H26N6O8. The largest absolute Gasteiger partial charge is 0.394 e. The van der Waals surface area contributed by atoms with Gasteiger partial charge in [-0.05, 0) is 0 Å². The molecule has 8 N–H and O–H groups in total. The molecule has 10 unspecified atom stereocenters. The van der Waals surface area contributed by atoms with Gasteiger partial charge in [-0.2, -0.15) is 0 Å². The van der Waals surface area contributed by atoms with Gasteiger partial charge in [0.15, 0.2) is 0 Å². The Morgan fingerprint density at radius 2 is 1.19 bits per heavy atom. The molecule has 0 aromatic rings. The van der Waals surface area contributed by atoms with Crippen LogP contribution in [0, 0.1) is 22.7 Å². The number of nitrogens with one attached hydrogen (secondary N) is 4. The van der Waals surface area contributed by atoms with Crippen molar-refractivity contribution >= 4 is 23.7 Å². The Kier molecular flexibility index (Phi) is 5.11. The molecule has 4 heterocycles. The first-order valence-electron chi connectivity index (χ1n) is 10.5. The quantitative estimate of drug-likeness (QED) is 0.217. The van der Waals surface area contributed by atoms with Crippen molar-refractivity contribution in [3.05, 3.63) is 0 Å². The zero-order chi connectivity index (χ0) is 22.9. The zero-order valence-corrected chi connectivity index (χ0v) is 16.9. The van der Waals surface area contributed by atoms with Gasteiger partial charge in [0.25, 0.3) is 0 Å². The van der Waals surface area contributed by atoms with Crippen molar-refractivity contribution in [2.24, 2.45) is 11.8 Å². The Balaban J connectivity index is 1.48. The Morgan fingerprint density at radius 3 is 1.50 bits per heavy atom. The van der Waals surface area contributed by atoms with Crippen molar-refractivity contribution in [2.75, 3.05) is 13.2 Å². The van der Waals surface area contributed by atoms with Crippen LogP contribution in [0.5, 0.6) is 0 Å². The zero-order valence-electron chi connectivity index (χ0n) is 16.9. The molecule has 32 heavy (non-hydrogen) atoms. The number of amidine groups is 2. The van der Waals surface area contributed by atoms with E-state index in [1.54, 1.807) is 0 Å². The fourth-order valence-corrected chi connectivity index (χ4v) is 5.62. The highest BCUT2D eigenvalue weighted by Gasteiger charge is 2.68. The predicted molar refractivity (Wildman–Crippen MR) is 103 cm³/mol. The number of aliphatic hydroxyl groups excluding tert-OH is 4. The lowest BCUT2D eigenvalue weighted by Gasteiger charge is -2.63. The van der Waals surface area contributed by atoms with E-state index in [0.717, 1.165) is 0 Å². The molecule has 10 atom stereocenters. The van der Waals surface area contributed by atoms with E-state index in [1.165, 1.54) is 9.80 Å². The smallest absolute Gasteiger partial charge is 0.325 e. The molecule has 4 aliphatic heterocycles. The maximum absolute atomic E-state index is 12.9. The number of nitrogens with zero attached hydrogens (tertiary/aromatic N) is 2. The minimum Gasteiger partial charge on any atom is -0.394 e. The highest BCUT2D eigenvalue weighted by molar-refractivity contribution is 6.08. The molecule has 5 rings (SSSR count). The van der Waals surface area contributed by atoms with Crippen LogP contribution in [-0.2, 0) is 9.47 Å². The van der Waals surface area contributed by atoms with Crippen LogP contribution in [-0.4, -0.2) is 116 Å². The van der Waals surface area contributed by atoms with Gasteiger partial charge in [0.2, 0.25) is 0 Å². The lowest BCUT2D eigenvalue weighted by molar-refractivity contribution is -0.147. The average molecular weight is 454 g/mol. The molecule has 0 radical (unpaired) electrons. The van der Waals surface area contributed by atoms with E-state index in [2.05, 4.69) is 10.6 Å². The van der Waals surface area contributed by atoms with E-state index in [0.29, 0.717) is 0 Å². The summed E-state index contributed by atoms with van der Waals surface area (Å²) in [6.07, 6.45) is -5.43. The van der Waals surface area contributed by atoms with Crippen molar-refractivity contribution in [1.82, 2.24) is 20.4 Å². The molecule has 0 aromatic heterocycles. The number of carbonyl (C=O) groups excluding carboxylic acids is 2. The van der Waals surface area contributed by atoms with Gasteiger partial charge < -0.3 is 29.9 Å². The van der Waals surface area contributed by atoms with Crippen molar-refractivity contribution in [3.8, 4) is 0 Å². The fourth-order valence-electron chi connectivity index (χ4n) is 5.62. The second kappa shape index (κ2) is 7.60. The van der Waals surface area contributed by atoms with E-state index in [1.807, 2.05) is 0 Å². The van der Waals surface area contributed by atoms with Crippen LogP contribution in [0.2, 0.25) is 0 Å². The van der Waals surface area contributed by atoms with Crippen LogP contribution in [0.4, 0.5) is 9.59 Å². The molecule has 5 aliphatic rings. The first kappa shape index (κ1) is 21.5. The molecule has 5 fully saturated rings. The normalized spacial score (nSPS) is 45.9. The summed E-state index contributed by atoms with van der Waals surface area (Å²) in [5.74, 6) is -1.42. The van der Waals surface area contributed by atoms with E-state index >= 15 is 0 Å². The molecule has 4 saturated heterocycles. The van der Waals surface area contributed by atoms with Crippen molar-refractivity contribution < 1.29 is 39.5 Å². The number of aliphatic hydroxyl groups is 4. The predicted octanol–water partition coefficient (Wildman–Crippen LogP) is -3.09. The molecule has 14 nitrogen and oxygen atoms in total. The first-order chi connectivity index (χ1) is 15.3. The Bertz CT molecular complexity index is 789. The molecule has 0 aromatic carbocycles. The summed E-state index contributed by atoms with van der Waals surface area (Å²) in [6, 6.07) is -2.75. The number of urea groups is 2. The van der Waals surface area contributed by atoms with Gasteiger partial charge in [-0.15, -0.1) is 0 Å². The minimum atomic E-state index is -0.990. The third kappa shape index (κ3) is 2.94. The topological polar surface area (TPSA) is 212 Å². The highest BCUT2D eigenvalue weighted by Crippen LogP contribution is 2.49. The number of amides is 4. The van der Waals surface area contributed by atoms with Gasteiger partial charge in [-0.3, -0.25) is 31.3 Å². The van der Waals surface area contributed by atoms with Gasteiger partial charge in [0.05, 0.1) is 49.3 Å². The third-order valence-corrected chi connectivity index (χ3v) is 7.12. The second-order valence-corrected chi connectivity index (χ2v) is 8.76. The fraction of sp³-hybridized carbons (Fsp3) is 0.778. The summed E-state index contributed by atoms with van der Waals surface area (Å²) in [4.78, 5) is 28.4. The van der Waals surface area contributed by atoms with Gasteiger partial charge in [0, 0.05) is 12.8 Å². The van der Waals surface area contributed by atoms with Crippen LogP contribution in [0.3, 0.4) is 0 Å². The monoisotopic (exact) mass is 454 g/mol. The maximum Gasteiger partial charge on any atom is 0.325 e.